The van der Waals surface area contributed by atoms with E-state index in [2.05, 4.69) is 22.3 Å². The van der Waals surface area contributed by atoms with Crippen molar-refractivity contribution in [3.63, 3.8) is 0 Å². The van der Waals surface area contributed by atoms with E-state index in [9.17, 15) is 5.11 Å². The van der Waals surface area contributed by atoms with E-state index in [1.165, 1.54) is 0 Å². The number of pyridine rings is 1. The summed E-state index contributed by atoms with van der Waals surface area (Å²) in [5.41, 5.74) is 2.59. The zero-order chi connectivity index (χ0) is 17.1. The third-order valence-corrected chi connectivity index (χ3v) is 5.22. The number of rotatable bonds is 3. The van der Waals surface area contributed by atoms with Gasteiger partial charge in [0.1, 0.15) is 5.82 Å². The molecule has 1 aliphatic rings. The maximum absolute atomic E-state index is 10.4. The van der Waals surface area contributed by atoms with Gasteiger partial charge in [0.2, 0.25) is 0 Å². The van der Waals surface area contributed by atoms with Crippen molar-refractivity contribution in [1.29, 1.82) is 0 Å². The molecule has 3 aromatic rings. The Morgan fingerprint density at radius 3 is 2.58 bits per heavy atom. The Hall–Kier alpha value is -1.91. The Kier molecular flexibility index (Phi) is 3.28. The fourth-order valence-electron chi connectivity index (χ4n) is 3.47. The fraction of sp³-hybridized carbons (Fsp3) is 0.368. The first-order chi connectivity index (χ1) is 11.3. The Morgan fingerprint density at radius 2 is 1.96 bits per heavy atom. The summed E-state index contributed by atoms with van der Waals surface area (Å²) in [7, 11) is 0. The van der Waals surface area contributed by atoms with Crippen LogP contribution in [0.3, 0.4) is 0 Å². The van der Waals surface area contributed by atoms with Crippen molar-refractivity contribution >= 4 is 17.2 Å². The summed E-state index contributed by atoms with van der Waals surface area (Å²) in [6.45, 7) is 5.57. The van der Waals surface area contributed by atoms with Crippen LogP contribution in [0.2, 0.25) is 5.02 Å². The molecular formula is C19H20ClN3O. The van der Waals surface area contributed by atoms with E-state index in [1.54, 1.807) is 13.8 Å². The van der Waals surface area contributed by atoms with Gasteiger partial charge in [0.25, 0.3) is 0 Å². The summed E-state index contributed by atoms with van der Waals surface area (Å²) in [6, 6.07) is 10.0. The van der Waals surface area contributed by atoms with E-state index in [0.29, 0.717) is 5.65 Å². The zero-order valence-corrected chi connectivity index (χ0v) is 14.8. The van der Waals surface area contributed by atoms with E-state index in [0.717, 1.165) is 40.4 Å². The van der Waals surface area contributed by atoms with Gasteiger partial charge in [-0.15, -0.1) is 10.2 Å². The molecule has 1 aromatic carbocycles. The van der Waals surface area contributed by atoms with Crippen LogP contribution in [-0.4, -0.2) is 19.7 Å². The van der Waals surface area contributed by atoms with Crippen LogP contribution in [0, 0.1) is 6.92 Å². The molecule has 0 aliphatic heterocycles. The Morgan fingerprint density at radius 1 is 1.21 bits per heavy atom. The molecule has 0 radical (unpaired) electrons. The molecule has 0 amide bonds. The van der Waals surface area contributed by atoms with E-state index in [-0.39, 0.29) is 5.41 Å². The van der Waals surface area contributed by atoms with Gasteiger partial charge >= 0.3 is 0 Å². The van der Waals surface area contributed by atoms with Gasteiger partial charge in [0.05, 0.1) is 11.0 Å². The standard InChI is InChI=1S/C19H20ClN3O/c1-12-6-7-13(15(20)11-12)19(8-9-19)17-22-21-16-14(18(2,3)24)5-4-10-23(16)17/h4-7,10-11,24H,8-9H2,1-3H3. The van der Waals surface area contributed by atoms with Crippen molar-refractivity contribution in [3.05, 3.63) is 64.1 Å². The van der Waals surface area contributed by atoms with Gasteiger partial charge in [-0.1, -0.05) is 29.8 Å². The Balaban J connectivity index is 1.91. The second-order valence-corrected chi connectivity index (χ2v) is 7.67. The van der Waals surface area contributed by atoms with Gasteiger partial charge in [-0.2, -0.15) is 0 Å². The number of nitrogens with zero attached hydrogens (tertiary/aromatic N) is 3. The SMILES string of the molecule is Cc1ccc(C2(c3nnc4c(C(C)(C)O)cccn34)CC2)c(Cl)c1. The van der Waals surface area contributed by atoms with E-state index in [1.807, 2.05) is 35.7 Å². The van der Waals surface area contributed by atoms with Crippen molar-refractivity contribution < 1.29 is 5.11 Å². The van der Waals surface area contributed by atoms with Crippen LogP contribution in [0.5, 0.6) is 0 Å². The molecule has 0 atom stereocenters. The first-order valence-electron chi connectivity index (χ1n) is 8.17. The van der Waals surface area contributed by atoms with Crippen LogP contribution in [0.25, 0.3) is 5.65 Å². The first-order valence-corrected chi connectivity index (χ1v) is 8.54. The van der Waals surface area contributed by atoms with Gasteiger partial charge in [-0.3, -0.25) is 4.40 Å². The highest BCUT2D eigenvalue weighted by molar-refractivity contribution is 6.31. The number of aromatic nitrogens is 3. The quantitative estimate of drug-likeness (QED) is 0.783. The van der Waals surface area contributed by atoms with Crippen molar-refractivity contribution in [3.8, 4) is 0 Å². The smallest absolute Gasteiger partial charge is 0.166 e. The van der Waals surface area contributed by atoms with Gasteiger partial charge in [0, 0.05) is 16.8 Å². The number of aryl methyl sites for hydroxylation is 1. The molecule has 24 heavy (non-hydrogen) atoms. The third kappa shape index (κ3) is 2.25. The topological polar surface area (TPSA) is 50.4 Å². The minimum atomic E-state index is -0.967. The van der Waals surface area contributed by atoms with Gasteiger partial charge in [-0.25, -0.2) is 0 Å². The lowest BCUT2D eigenvalue weighted by molar-refractivity contribution is 0.0796. The second kappa shape index (κ2) is 5.04. The van der Waals surface area contributed by atoms with Crippen molar-refractivity contribution in [1.82, 2.24) is 14.6 Å². The van der Waals surface area contributed by atoms with Crippen molar-refractivity contribution in [2.45, 2.75) is 44.6 Å². The second-order valence-electron chi connectivity index (χ2n) is 7.26. The Bertz CT molecular complexity index is 935. The molecule has 0 unspecified atom stereocenters. The number of aliphatic hydroxyl groups is 1. The highest BCUT2D eigenvalue weighted by Crippen LogP contribution is 2.54. The molecule has 4 nitrogen and oxygen atoms in total. The zero-order valence-electron chi connectivity index (χ0n) is 14.0. The minimum Gasteiger partial charge on any atom is -0.386 e. The fourth-order valence-corrected chi connectivity index (χ4v) is 3.88. The van der Waals surface area contributed by atoms with Crippen LogP contribution >= 0.6 is 11.6 Å². The lowest BCUT2D eigenvalue weighted by atomic mass is 9.93. The molecule has 4 rings (SSSR count). The van der Waals surface area contributed by atoms with Crippen LogP contribution in [0.1, 0.15) is 49.2 Å². The van der Waals surface area contributed by atoms with Crippen LogP contribution < -0.4 is 0 Å². The number of hydrogen-bond donors (Lipinski definition) is 1. The van der Waals surface area contributed by atoms with Crippen LogP contribution in [0.4, 0.5) is 0 Å². The number of benzene rings is 1. The first kappa shape index (κ1) is 15.6. The summed E-state index contributed by atoms with van der Waals surface area (Å²) in [5, 5.41) is 20.0. The molecule has 2 aromatic heterocycles. The van der Waals surface area contributed by atoms with Crippen LogP contribution in [0.15, 0.2) is 36.5 Å². The largest absolute Gasteiger partial charge is 0.386 e. The highest BCUT2D eigenvalue weighted by atomic mass is 35.5. The lowest BCUT2D eigenvalue weighted by Crippen LogP contribution is -2.18. The number of fused-ring (bicyclic) bond motifs is 1. The molecule has 0 spiro atoms. The molecule has 1 N–H and O–H groups in total. The molecule has 5 heteroatoms. The number of halogens is 1. The van der Waals surface area contributed by atoms with E-state index < -0.39 is 5.60 Å². The van der Waals surface area contributed by atoms with Crippen LogP contribution in [-0.2, 0) is 11.0 Å². The predicted molar refractivity (Wildman–Crippen MR) is 94.4 cm³/mol. The average Bonchev–Trinajstić information content (AvgIpc) is 3.17. The minimum absolute atomic E-state index is 0.178. The normalized spacial score (nSPS) is 16.5. The molecule has 124 valence electrons. The van der Waals surface area contributed by atoms with Crippen molar-refractivity contribution in [2.75, 3.05) is 0 Å². The third-order valence-electron chi connectivity index (χ3n) is 4.91. The van der Waals surface area contributed by atoms with Crippen molar-refractivity contribution in [2.24, 2.45) is 0 Å². The molecule has 2 heterocycles. The molecule has 1 fully saturated rings. The molecule has 1 saturated carbocycles. The lowest BCUT2D eigenvalue weighted by Gasteiger charge is -2.19. The van der Waals surface area contributed by atoms with Gasteiger partial charge < -0.3 is 5.11 Å². The summed E-state index contributed by atoms with van der Waals surface area (Å²) >= 11 is 6.53. The summed E-state index contributed by atoms with van der Waals surface area (Å²) < 4.78 is 2.00. The summed E-state index contributed by atoms with van der Waals surface area (Å²) in [4.78, 5) is 0. The van der Waals surface area contributed by atoms with E-state index in [4.69, 9.17) is 11.6 Å². The highest BCUT2D eigenvalue weighted by Gasteiger charge is 2.51. The van der Waals surface area contributed by atoms with E-state index >= 15 is 0 Å². The molecule has 1 aliphatic carbocycles. The van der Waals surface area contributed by atoms with Gasteiger partial charge in [-0.05, 0) is 56.9 Å². The maximum Gasteiger partial charge on any atom is 0.166 e. The predicted octanol–water partition coefficient (Wildman–Crippen LogP) is 4.00. The molecular weight excluding hydrogens is 322 g/mol. The monoisotopic (exact) mass is 341 g/mol. The Labute approximate surface area is 146 Å². The molecule has 0 saturated heterocycles. The maximum atomic E-state index is 10.4. The summed E-state index contributed by atoms with van der Waals surface area (Å²) in [6.07, 6.45) is 3.97. The average molecular weight is 342 g/mol. The summed E-state index contributed by atoms with van der Waals surface area (Å²) in [5.74, 6) is 0.898. The number of hydrogen-bond acceptors (Lipinski definition) is 3. The van der Waals surface area contributed by atoms with Gasteiger partial charge in [0.15, 0.2) is 5.65 Å². The molecule has 0 bridgehead atoms.